The van der Waals surface area contributed by atoms with E-state index in [1.807, 2.05) is 6.07 Å². The fourth-order valence-electron chi connectivity index (χ4n) is 1.89. The van der Waals surface area contributed by atoms with Crippen molar-refractivity contribution in [2.45, 2.75) is 6.92 Å². The maximum Gasteiger partial charge on any atom is 0.283 e. The lowest BCUT2D eigenvalue weighted by atomic mass is 10.1. The van der Waals surface area contributed by atoms with E-state index in [1.165, 1.54) is 6.92 Å². The van der Waals surface area contributed by atoms with Crippen LogP contribution in [0.4, 0.5) is 0 Å². The molecule has 1 heterocycles. The predicted molar refractivity (Wildman–Crippen MR) is 91.1 cm³/mol. The zero-order valence-electron chi connectivity index (χ0n) is 11.8. The second kappa shape index (κ2) is 6.85. The molecule has 1 aromatic rings. The van der Waals surface area contributed by atoms with E-state index in [1.54, 1.807) is 24.3 Å². The molecule has 2 amide bonds. The number of carbonyl (C=O) groups excluding carboxylic acids is 2. The van der Waals surface area contributed by atoms with E-state index in [0.717, 1.165) is 9.37 Å². The third-order valence-corrected chi connectivity index (χ3v) is 3.60. The summed E-state index contributed by atoms with van der Waals surface area (Å²) in [5.41, 5.74) is 0.905. The molecule has 1 fully saturated rings. The second-order valence-corrected chi connectivity index (χ2v) is 5.73. The lowest BCUT2D eigenvalue weighted by molar-refractivity contribution is -0.135. The van der Waals surface area contributed by atoms with Crippen molar-refractivity contribution in [3.05, 3.63) is 46.6 Å². The minimum atomic E-state index is -0.479. The van der Waals surface area contributed by atoms with E-state index >= 15 is 0 Å². The Balaban J connectivity index is 2.38. The summed E-state index contributed by atoms with van der Waals surface area (Å²) >= 11 is 8.37. The van der Waals surface area contributed by atoms with Gasteiger partial charge in [0.2, 0.25) is 5.91 Å². The lowest BCUT2D eigenvalue weighted by Crippen LogP contribution is -2.34. The van der Waals surface area contributed by atoms with Gasteiger partial charge >= 0.3 is 0 Å². The highest BCUT2D eigenvalue weighted by Gasteiger charge is 2.33. The Morgan fingerprint density at radius 2 is 2.27 bits per heavy atom. The first kappa shape index (κ1) is 16.4. The molecule has 0 aliphatic carbocycles. The SMILES string of the molecule is C=CCOc1ccc(Br)cc1C=C1NC(=S)N(C(C)=O)C1=O. The van der Waals surface area contributed by atoms with Crippen LogP contribution in [0.3, 0.4) is 0 Å². The van der Waals surface area contributed by atoms with Gasteiger partial charge in [-0.05, 0) is 36.5 Å². The summed E-state index contributed by atoms with van der Waals surface area (Å²) in [6.07, 6.45) is 3.23. The van der Waals surface area contributed by atoms with Gasteiger partial charge in [-0.1, -0.05) is 28.6 Å². The third-order valence-electron chi connectivity index (χ3n) is 2.82. The van der Waals surface area contributed by atoms with Gasteiger partial charge in [-0.25, -0.2) is 4.90 Å². The van der Waals surface area contributed by atoms with Crippen molar-refractivity contribution < 1.29 is 14.3 Å². The lowest BCUT2D eigenvalue weighted by Gasteiger charge is -2.08. The normalized spacial score (nSPS) is 15.9. The number of halogens is 1. The molecular formula is C15H13BrN2O3S. The summed E-state index contributed by atoms with van der Waals surface area (Å²) in [5, 5.41) is 2.82. The number of hydrogen-bond donors (Lipinski definition) is 1. The van der Waals surface area contributed by atoms with Crippen molar-refractivity contribution in [3.8, 4) is 5.75 Å². The van der Waals surface area contributed by atoms with Gasteiger partial charge in [-0.2, -0.15) is 0 Å². The molecule has 22 heavy (non-hydrogen) atoms. The van der Waals surface area contributed by atoms with E-state index in [2.05, 4.69) is 27.8 Å². The summed E-state index contributed by atoms with van der Waals surface area (Å²) in [4.78, 5) is 24.5. The average molecular weight is 381 g/mol. The van der Waals surface area contributed by atoms with Crippen LogP contribution >= 0.6 is 28.1 Å². The number of hydrogen-bond acceptors (Lipinski definition) is 4. The van der Waals surface area contributed by atoms with E-state index in [0.29, 0.717) is 17.9 Å². The van der Waals surface area contributed by atoms with Gasteiger partial charge in [0.05, 0.1) is 0 Å². The first-order valence-electron chi connectivity index (χ1n) is 6.35. The minimum absolute atomic E-state index is 0.0762. The van der Waals surface area contributed by atoms with Gasteiger partial charge in [0, 0.05) is 17.0 Å². The summed E-state index contributed by atoms with van der Waals surface area (Å²) in [6.45, 7) is 5.23. The van der Waals surface area contributed by atoms with Crippen LogP contribution in [0, 0.1) is 0 Å². The molecule has 0 bridgehead atoms. The maximum absolute atomic E-state index is 12.2. The molecule has 0 unspecified atom stereocenters. The van der Waals surface area contributed by atoms with Crippen LogP contribution in [-0.2, 0) is 9.59 Å². The van der Waals surface area contributed by atoms with Crippen LogP contribution in [0.2, 0.25) is 0 Å². The van der Waals surface area contributed by atoms with Crippen LogP contribution in [0.1, 0.15) is 12.5 Å². The van der Waals surface area contributed by atoms with Gasteiger partial charge in [0.1, 0.15) is 18.1 Å². The fraction of sp³-hybridized carbons (Fsp3) is 0.133. The Labute approximate surface area is 141 Å². The molecule has 0 aromatic heterocycles. The quantitative estimate of drug-likeness (QED) is 0.494. The molecule has 1 N–H and O–H groups in total. The van der Waals surface area contributed by atoms with Gasteiger partial charge in [-0.3, -0.25) is 9.59 Å². The summed E-state index contributed by atoms with van der Waals surface area (Å²) in [6, 6.07) is 5.41. The van der Waals surface area contributed by atoms with Crippen molar-refractivity contribution in [3.63, 3.8) is 0 Å². The van der Waals surface area contributed by atoms with E-state index in [-0.39, 0.29) is 10.8 Å². The summed E-state index contributed by atoms with van der Waals surface area (Å²) < 4.78 is 6.39. The van der Waals surface area contributed by atoms with E-state index in [4.69, 9.17) is 17.0 Å². The molecule has 114 valence electrons. The van der Waals surface area contributed by atoms with Crippen molar-refractivity contribution in [2.75, 3.05) is 6.61 Å². The fourth-order valence-corrected chi connectivity index (χ4v) is 2.59. The number of ether oxygens (including phenoxy) is 1. The van der Waals surface area contributed by atoms with E-state index < -0.39 is 11.8 Å². The standard InChI is InChI=1S/C15H13BrN2O3S/c1-3-6-21-13-5-4-11(16)7-10(13)8-12-14(20)18(9(2)19)15(22)17-12/h3-5,7-8H,1,6H2,2H3,(H,17,22). The number of imide groups is 1. The van der Waals surface area contributed by atoms with Gasteiger partial charge in [0.15, 0.2) is 5.11 Å². The third kappa shape index (κ3) is 3.42. The van der Waals surface area contributed by atoms with Crippen LogP contribution in [0.25, 0.3) is 6.08 Å². The van der Waals surface area contributed by atoms with Gasteiger partial charge in [0.25, 0.3) is 5.91 Å². The molecule has 7 heteroatoms. The molecule has 0 saturated carbocycles. The maximum atomic E-state index is 12.2. The largest absolute Gasteiger partial charge is 0.489 e. The molecule has 0 spiro atoms. The Morgan fingerprint density at radius 3 is 2.86 bits per heavy atom. The van der Waals surface area contributed by atoms with Crippen LogP contribution in [0.15, 0.2) is 41.0 Å². The first-order chi connectivity index (χ1) is 10.4. The number of benzene rings is 1. The van der Waals surface area contributed by atoms with Gasteiger partial charge < -0.3 is 10.1 Å². The Morgan fingerprint density at radius 1 is 1.55 bits per heavy atom. The van der Waals surface area contributed by atoms with E-state index in [9.17, 15) is 9.59 Å². The van der Waals surface area contributed by atoms with Crippen molar-refractivity contribution >= 4 is 51.2 Å². The predicted octanol–water partition coefficient (Wildman–Crippen LogP) is 2.62. The van der Waals surface area contributed by atoms with Gasteiger partial charge in [-0.15, -0.1) is 0 Å². The van der Waals surface area contributed by atoms with Crippen molar-refractivity contribution in [2.24, 2.45) is 0 Å². The van der Waals surface area contributed by atoms with Crippen molar-refractivity contribution in [1.29, 1.82) is 0 Å². The summed E-state index contributed by atoms with van der Waals surface area (Å²) in [5.74, 6) is -0.312. The Kier molecular flexibility index (Phi) is 5.10. The van der Waals surface area contributed by atoms with Crippen molar-refractivity contribution in [1.82, 2.24) is 10.2 Å². The molecule has 1 aromatic carbocycles. The number of nitrogens with zero attached hydrogens (tertiary/aromatic N) is 1. The molecule has 2 rings (SSSR count). The van der Waals surface area contributed by atoms with Crippen LogP contribution < -0.4 is 10.1 Å². The molecule has 1 aliphatic heterocycles. The number of thiocarbonyl (C=S) groups is 1. The number of amides is 2. The number of rotatable bonds is 4. The monoisotopic (exact) mass is 380 g/mol. The molecule has 5 nitrogen and oxygen atoms in total. The highest BCUT2D eigenvalue weighted by molar-refractivity contribution is 9.10. The van der Waals surface area contributed by atoms with Crippen LogP contribution in [-0.4, -0.2) is 28.4 Å². The average Bonchev–Trinajstić information content (AvgIpc) is 2.72. The smallest absolute Gasteiger partial charge is 0.283 e. The first-order valence-corrected chi connectivity index (χ1v) is 7.55. The second-order valence-electron chi connectivity index (χ2n) is 4.43. The molecular weight excluding hydrogens is 368 g/mol. The highest BCUT2D eigenvalue weighted by atomic mass is 79.9. The highest BCUT2D eigenvalue weighted by Crippen LogP contribution is 2.26. The topological polar surface area (TPSA) is 58.6 Å². The summed E-state index contributed by atoms with van der Waals surface area (Å²) in [7, 11) is 0. The molecule has 0 atom stereocenters. The zero-order chi connectivity index (χ0) is 16.3. The Bertz CT molecular complexity index is 700. The van der Waals surface area contributed by atoms with Crippen LogP contribution in [0.5, 0.6) is 5.75 Å². The number of nitrogens with one attached hydrogen (secondary N) is 1. The zero-order valence-corrected chi connectivity index (χ0v) is 14.2. The Hall–Kier alpha value is -1.99. The molecule has 1 aliphatic rings. The number of carbonyl (C=O) groups is 2. The molecule has 1 saturated heterocycles. The minimum Gasteiger partial charge on any atom is -0.489 e. The molecule has 0 radical (unpaired) electrons.